The van der Waals surface area contributed by atoms with Gasteiger partial charge in [-0.1, -0.05) is 0 Å². The summed E-state index contributed by atoms with van der Waals surface area (Å²) in [5.41, 5.74) is 16.7. The molecule has 2 amide bonds. The average Bonchev–Trinajstić information content (AvgIpc) is 2.36. The summed E-state index contributed by atoms with van der Waals surface area (Å²) < 4.78 is 4.59. The lowest BCUT2D eigenvalue weighted by Gasteiger charge is -2.22. The maximum absolute atomic E-state index is 11.5. The van der Waals surface area contributed by atoms with Crippen molar-refractivity contribution in [2.75, 3.05) is 30.8 Å². The topological polar surface area (TPSA) is 142 Å². The number of carbonyl (C=O) groups excluding carboxylic acids is 3. The largest absolute Gasteiger partial charge is 0.465 e. The molecule has 0 radical (unpaired) electrons. The molecule has 8 heteroatoms. The van der Waals surface area contributed by atoms with Crippen molar-refractivity contribution >= 4 is 29.2 Å². The van der Waals surface area contributed by atoms with Crippen LogP contribution in [0.3, 0.4) is 0 Å². The predicted octanol–water partition coefficient (Wildman–Crippen LogP) is -1.17. The fourth-order valence-electron chi connectivity index (χ4n) is 1.64. The molecule has 0 aromatic heterocycles. The number of nitrogens with two attached hydrogens (primary N) is 3. The quantitative estimate of drug-likeness (QED) is 0.443. The molecule has 0 saturated carbocycles. The Kier molecular flexibility index (Phi) is 4.90. The van der Waals surface area contributed by atoms with E-state index in [1.165, 1.54) is 24.1 Å². The van der Waals surface area contributed by atoms with E-state index in [-0.39, 0.29) is 24.3 Å². The molecule has 8 nitrogen and oxygen atoms in total. The Labute approximate surface area is 115 Å². The van der Waals surface area contributed by atoms with Crippen molar-refractivity contribution in [1.82, 2.24) is 0 Å². The second kappa shape index (κ2) is 6.41. The molecule has 0 heterocycles. The molecule has 108 valence electrons. The van der Waals surface area contributed by atoms with E-state index in [2.05, 4.69) is 4.74 Å². The summed E-state index contributed by atoms with van der Waals surface area (Å²) in [4.78, 5) is 34.9. The Hall–Kier alpha value is -2.77. The summed E-state index contributed by atoms with van der Waals surface area (Å²) in [7, 11) is 1.22. The van der Waals surface area contributed by atoms with Crippen molar-refractivity contribution in [3.05, 3.63) is 23.8 Å². The number of benzene rings is 1. The van der Waals surface area contributed by atoms with Gasteiger partial charge in [-0.25, -0.2) is 4.79 Å². The van der Waals surface area contributed by atoms with Crippen LogP contribution in [0.4, 0.5) is 11.4 Å². The van der Waals surface area contributed by atoms with Crippen LogP contribution in [0, 0.1) is 0 Å². The number of nitrogen functional groups attached to an aromatic ring is 1. The van der Waals surface area contributed by atoms with Gasteiger partial charge in [0, 0.05) is 11.4 Å². The minimum atomic E-state index is -0.636. The smallest absolute Gasteiger partial charge is 0.340 e. The van der Waals surface area contributed by atoms with Crippen molar-refractivity contribution in [2.24, 2.45) is 11.5 Å². The SMILES string of the molecule is COC(=O)c1cc(N(CC(N)=O)CC(N)=O)ccc1N. The average molecular weight is 280 g/mol. The molecule has 0 aliphatic heterocycles. The molecule has 0 aliphatic rings. The third-order valence-electron chi connectivity index (χ3n) is 2.50. The summed E-state index contributed by atoms with van der Waals surface area (Å²) in [5, 5.41) is 0. The number of methoxy groups -OCH3 is 1. The van der Waals surface area contributed by atoms with Crippen LogP contribution in [0.15, 0.2) is 18.2 Å². The Morgan fingerprint density at radius 3 is 2.15 bits per heavy atom. The Bertz CT molecular complexity index is 528. The number of amides is 2. The van der Waals surface area contributed by atoms with Crippen LogP contribution in [0.2, 0.25) is 0 Å². The first-order valence-electron chi connectivity index (χ1n) is 5.64. The highest BCUT2D eigenvalue weighted by Crippen LogP contribution is 2.21. The van der Waals surface area contributed by atoms with Crippen molar-refractivity contribution in [1.29, 1.82) is 0 Å². The highest BCUT2D eigenvalue weighted by Gasteiger charge is 2.16. The zero-order valence-electron chi connectivity index (χ0n) is 11.0. The van der Waals surface area contributed by atoms with Gasteiger partial charge < -0.3 is 26.8 Å². The number of ether oxygens (including phenoxy) is 1. The number of primary amides is 2. The van der Waals surface area contributed by atoms with Gasteiger partial charge in [-0.2, -0.15) is 0 Å². The standard InChI is InChI=1S/C12H16N4O4/c1-20-12(19)8-4-7(2-3-9(8)13)16(5-10(14)17)6-11(15)18/h2-4H,5-6,13H2,1H3,(H2,14,17)(H2,15,18). The Morgan fingerprint density at radius 1 is 1.15 bits per heavy atom. The molecule has 0 spiro atoms. The van der Waals surface area contributed by atoms with E-state index in [9.17, 15) is 14.4 Å². The third kappa shape index (κ3) is 3.87. The number of esters is 1. The number of carbonyl (C=O) groups is 3. The fraction of sp³-hybridized carbons (Fsp3) is 0.250. The van der Waals surface area contributed by atoms with E-state index in [0.29, 0.717) is 5.69 Å². The predicted molar refractivity (Wildman–Crippen MR) is 72.8 cm³/mol. The normalized spacial score (nSPS) is 9.85. The number of hydrogen-bond donors (Lipinski definition) is 3. The molecular weight excluding hydrogens is 264 g/mol. The lowest BCUT2D eigenvalue weighted by molar-refractivity contribution is -0.117. The molecule has 0 atom stereocenters. The second-order valence-electron chi connectivity index (χ2n) is 4.05. The zero-order chi connectivity index (χ0) is 15.3. The van der Waals surface area contributed by atoms with Crippen molar-refractivity contribution < 1.29 is 19.1 Å². The molecule has 1 rings (SSSR count). The Balaban J connectivity index is 3.16. The molecule has 0 saturated heterocycles. The lowest BCUT2D eigenvalue weighted by Crippen LogP contribution is -2.39. The third-order valence-corrected chi connectivity index (χ3v) is 2.50. The van der Waals surface area contributed by atoms with Crippen LogP contribution in [0.1, 0.15) is 10.4 Å². The minimum absolute atomic E-state index is 0.129. The highest BCUT2D eigenvalue weighted by molar-refractivity contribution is 5.96. The summed E-state index contributed by atoms with van der Waals surface area (Å²) in [6.07, 6.45) is 0. The van der Waals surface area contributed by atoms with Gasteiger partial charge in [0.15, 0.2) is 0 Å². The van der Waals surface area contributed by atoms with E-state index in [1.54, 1.807) is 6.07 Å². The van der Waals surface area contributed by atoms with E-state index in [0.717, 1.165) is 0 Å². The summed E-state index contributed by atoms with van der Waals surface area (Å²) in [6, 6.07) is 4.43. The first-order valence-corrected chi connectivity index (χ1v) is 5.64. The second-order valence-corrected chi connectivity index (χ2v) is 4.05. The highest BCUT2D eigenvalue weighted by atomic mass is 16.5. The molecule has 0 bridgehead atoms. The van der Waals surface area contributed by atoms with Gasteiger partial charge in [-0.3, -0.25) is 9.59 Å². The first kappa shape index (κ1) is 15.3. The summed E-state index contributed by atoms with van der Waals surface area (Å²) >= 11 is 0. The van der Waals surface area contributed by atoms with Crippen LogP contribution >= 0.6 is 0 Å². The number of anilines is 2. The monoisotopic (exact) mass is 280 g/mol. The number of hydrogen-bond acceptors (Lipinski definition) is 6. The lowest BCUT2D eigenvalue weighted by atomic mass is 10.1. The van der Waals surface area contributed by atoms with Gasteiger partial charge >= 0.3 is 5.97 Å². The van der Waals surface area contributed by atoms with Gasteiger partial charge in [0.1, 0.15) is 0 Å². The molecular formula is C12H16N4O4. The molecule has 0 aliphatic carbocycles. The van der Waals surface area contributed by atoms with Gasteiger partial charge in [-0.05, 0) is 18.2 Å². The molecule has 20 heavy (non-hydrogen) atoms. The van der Waals surface area contributed by atoms with Crippen LogP contribution < -0.4 is 22.1 Å². The zero-order valence-corrected chi connectivity index (χ0v) is 11.0. The maximum atomic E-state index is 11.5. The minimum Gasteiger partial charge on any atom is -0.465 e. The van der Waals surface area contributed by atoms with E-state index >= 15 is 0 Å². The molecule has 6 N–H and O–H groups in total. The molecule has 0 fully saturated rings. The Morgan fingerprint density at radius 2 is 1.70 bits per heavy atom. The van der Waals surface area contributed by atoms with E-state index in [4.69, 9.17) is 17.2 Å². The molecule has 1 aromatic rings. The van der Waals surface area contributed by atoms with Gasteiger partial charge in [0.25, 0.3) is 0 Å². The summed E-state index contributed by atoms with van der Waals surface area (Å²) in [5.74, 6) is -1.90. The fourth-order valence-corrected chi connectivity index (χ4v) is 1.64. The number of nitrogens with zero attached hydrogens (tertiary/aromatic N) is 1. The molecule has 1 aromatic carbocycles. The van der Waals surface area contributed by atoms with Crippen molar-refractivity contribution in [3.63, 3.8) is 0 Å². The van der Waals surface area contributed by atoms with Crippen molar-refractivity contribution in [2.45, 2.75) is 0 Å². The number of rotatable bonds is 6. The van der Waals surface area contributed by atoms with Crippen LogP contribution in [-0.4, -0.2) is 38.0 Å². The summed E-state index contributed by atoms with van der Waals surface area (Å²) in [6.45, 7) is -0.430. The van der Waals surface area contributed by atoms with Crippen LogP contribution in [-0.2, 0) is 14.3 Å². The van der Waals surface area contributed by atoms with Gasteiger partial charge in [0.2, 0.25) is 11.8 Å². The van der Waals surface area contributed by atoms with Crippen molar-refractivity contribution in [3.8, 4) is 0 Å². The van der Waals surface area contributed by atoms with E-state index < -0.39 is 17.8 Å². The van der Waals surface area contributed by atoms with E-state index in [1.807, 2.05) is 0 Å². The van der Waals surface area contributed by atoms with Crippen LogP contribution in [0.25, 0.3) is 0 Å². The molecule has 0 unspecified atom stereocenters. The first-order chi connectivity index (χ1) is 9.35. The van der Waals surface area contributed by atoms with Crippen LogP contribution in [0.5, 0.6) is 0 Å². The van der Waals surface area contributed by atoms with Gasteiger partial charge in [0.05, 0.1) is 25.8 Å². The van der Waals surface area contributed by atoms with Gasteiger partial charge in [-0.15, -0.1) is 0 Å². The maximum Gasteiger partial charge on any atom is 0.340 e.